The van der Waals surface area contributed by atoms with Crippen LogP contribution in [0, 0.1) is 0 Å². The molecule has 2 aromatic carbocycles. The fraction of sp³-hybridized carbons (Fsp3) is 0.250. The lowest BCUT2D eigenvalue weighted by atomic mass is 10.2. The van der Waals surface area contributed by atoms with E-state index in [-0.39, 0.29) is 6.10 Å². The Bertz CT molecular complexity index is 854. The van der Waals surface area contributed by atoms with Crippen LogP contribution in [0.25, 0.3) is 10.9 Å². The van der Waals surface area contributed by atoms with Gasteiger partial charge in [-0.3, -0.25) is 0 Å². The number of para-hydroxylation sites is 1. The Morgan fingerprint density at radius 2 is 1.96 bits per heavy atom. The van der Waals surface area contributed by atoms with Crippen molar-refractivity contribution >= 4 is 28.3 Å². The van der Waals surface area contributed by atoms with E-state index in [2.05, 4.69) is 4.98 Å². The van der Waals surface area contributed by atoms with Gasteiger partial charge in [-0.25, -0.2) is 4.98 Å². The number of nitrogens with two attached hydrogens (primary N) is 1. The highest BCUT2D eigenvalue weighted by atomic mass is 35.5. The summed E-state index contributed by atoms with van der Waals surface area (Å²) in [5.41, 5.74) is 6.59. The summed E-state index contributed by atoms with van der Waals surface area (Å²) in [6.07, 6.45) is 1.81. The van der Waals surface area contributed by atoms with E-state index >= 15 is 0 Å². The van der Waals surface area contributed by atoms with Crippen molar-refractivity contribution in [2.24, 2.45) is 0 Å². The van der Waals surface area contributed by atoms with Gasteiger partial charge in [0.15, 0.2) is 0 Å². The zero-order chi connectivity index (χ0) is 17.6. The van der Waals surface area contributed by atoms with Crippen molar-refractivity contribution in [2.45, 2.75) is 25.9 Å². The first-order chi connectivity index (χ1) is 12.1. The Labute approximate surface area is 152 Å². The standard InChI is InChI=1S/C20H21ClN2O2/c1-14(5-4-12-24-17-8-3-7-16(21)13-17)25-18-9-2-6-15-10-11-19(22)23-20(15)18/h2-3,6-11,13-14H,4-5,12H2,1H3,(H2,22,23). The molecule has 1 unspecified atom stereocenters. The van der Waals surface area contributed by atoms with Gasteiger partial charge in [-0.1, -0.05) is 29.8 Å². The molecule has 0 radical (unpaired) electrons. The number of halogens is 1. The summed E-state index contributed by atoms with van der Waals surface area (Å²) >= 11 is 5.94. The maximum absolute atomic E-state index is 6.06. The Morgan fingerprint density at radius 1 is 1.12 bits per heavy atom. The lowest BCUT2D eigenvalue weighted by molar-refractivity contribution is 0.195. The van der Waals surface area contributed by atoms with E-state index in [0.717, 1.165) is 35.2 Å². The molecule has 0 bridgehead atoms. The summed E-state index contributed by atoms with van der Waals surface area (Å²) in [6.45, 7) is 2.67. The SMILES string of the molecule is CC(CCCOc1cccc(Cl)c1)Oc1cccc2ccc(N)nc12. The topological polar surface area (TPSA) is 57.4 Å². The summed E-state index contributed by atoms with van der Waals surface area (Å²) in [6, 6.07) is 17.1. The molecule has 0 fully saturated rings. The molecule has 5 heteroatoms. The van der Waals surface area contributed by atoms with Gasteiger partial charge in [-0.2, -0.15) is 0 Å². The second-order valence-corrected chi connectivity index (χ2v) is 6.38. The van der Waals surface area contributed by atoms with Crippen molar-refractivity contribution < 1.29 is 9.47 Å². The Morgan fingerprint density at radius 3 is 2.80 bits per heavy atom. The number of nitrogens with zero attached hydrogens (tertiary/aromatic N) is 1. The van der Waals surface area contributed by atoms with Crippen LogP contribution in [-0.4, -0.2) is 17.7 Å². The van der Waals surface area contributed by atoms with Crippen molar-refractivity contribution in [2.75, 3.05) is 12.3 Å². The first kappa shape index (κ1) is 17.4. The van der Waals surface area contributed by atoms with Crippen LogP contribution in [0.2, 0.25) is 5.02 Å². The molecule has 2 N–H and O–H groups in total. The van der Waals surface area contributed by atoms with Gasteiger partial charge in [-0.15, -0.1) is 0 Å². The fourth-order valence-corrected chi connectivity index (χ4v) is 2.80. The number of ether oxygens (including phenoxy) is 2. The Hall–Kier alpha value is -2.46. The lowest BCUT2D eigenvalue weighted by Crippen LogP contribution is -2.13. The monoisotopic (exact) mass is 356 g/mol. The number of benzene rings is 2. The van der Waals surface area contributed by atoms with Gasteiger partial charge in [0.2, 0.25) is 0 Å². The number of aromatic nitrogens is 1. The number of anilines is 1. The maximum Gasteiger partial charge on any atom is 0.146 e. The lowest BCUT2D eigenvalue weighted by Gasteiger charge is -2.16. The third-order valence-corrected chi connectivity index (χ3v) is 4.09. The zero-order valence-electron chi connectivity index (χ0n) is 14.1. The highest BCUT2D eigenvalue weighted by molar-refractivity contribution is 6.30. The molecule has 1 atom stereocenters. The van der Waals surface area contributed by atoms with E-state index in [1.54, 1.807) is 6.07 Å². The van der Waals surface area contributed by atoms with Crippen LogP contribution in [0.5, 0.6) is 11.5 Å². The van der Waals surface area contributed by atoms with Crippen molar-refractivity contribution in [1.82, 2.24) is 4.98 Å². The highest BCUT2D eigenvalue weighted by Crippen LogP contribution is 2.26. The first-order valence-corrected chi connectivity index (χ1v) is 8.70. The van der Waals surface area contributed by atoms with E-state index in [1.807, 2.05) is 55.5 Å². The van der Waals surface area contributed by atoms with Crippen LogP contribution < -0.4 is 15.2 Å². The van der Waals surface area contributed by atoms with Crippen LogP contribution >= 0.6 is 11.6 Å². The predicted octanol–water partition coefficient (Wildman–Crippen LogP) is 5.10. The number of nitrogen functional groups attached to an aromatic ring is 1. The second kappa shape index (κ2) is 8.08. The molecule has 0 aliphatic carbocycles. The molecule has 1 aromatic heterocycles. The summed E-state index contributed by atoms with van der Waals surface area (Å²) in [5.74, 6) is 2.04. The number of hydrogen-bond donors (Lipinski definition) is 1. The minimum atomic E-state index is 0.0526. The van der Waals surface area contributed by atoms with Gasteiger partial charge >= 0.3 is 0 Å². The van der Waals surface area contributed by atoms with Crippen LogP contribution in [-0.2, 0) is 0 Å². The molecule has 0 aliphatic heterocycles. The van der Waals surface area contributed by atoms with Crippen LogP contribution in [0.15, 0.2) is 54.6 Å². The smallest absolute Gasteiger partial charge is 0.146 e. The van der Waals surface area contributed by atoms with E-state index in [9.17, 15) is 0 Å². The average molecular weight is 357 g/mol. The first-order valence-electron chi connectivity index (χ1n) is 8.32. The quantitative estimate of drug-likeness (QED) is 0.598. The van der Waals surface area contributed by atoms with Crippen LogP contribution in [0.4, 0.5) is 5.82 Å². The van der Waals surface area contributed by atoms with Crippen molar-refractivity contribution in [3.63, 3.8) is 0 Å². The van der Waals surface area contributed by atoms with Crippen molar-refractivity contribution in [3.05, 3.63) is 59.6 Å². The Kier molecular flexibility index (Phi) is 5.61. The third-order valence-electron chi connectivity index (χ3n) is 3.85. The van der Waals surface area contributed by atoms with Gasteiger partial charge in [-0.05, 0) is 56.2 Å². The number of fused-ring (bicyclic) bond motifs is 1. The summed E-state index contributed by atoms with van der Waals surface area (Å²) in [4.78, 5) is 4.39. The molecular weight excluding hydrogens is 336 g/mol. The van der Waals surface area contributed by atoms with Gasteiger partial charge < -0.3 is 15.2 Å². The molecule has 3 aromatic rings. The highest BCUT2D eigenvalue weighted by Gasteiger charge is 2.09. The predicted molar refractivity (Wildman–Crippen MR) is 102 cm³/mol. The molecular formula is C20H21ClN2O2. The average Bonchev–Trinajstić information content (AvgIpc) is 2.59. The molecule has 0 spiro atoms. The van der Waals surface area contributed by atoms with Crippen LogP contribution in [0.3, 0.4) is 0 Å². The molecule has 1 heterocycles. The van der Waals surface area contributed by atoms with E-state index in [1.165, 1.54) is 0 Å². The Balaban J connectivity index is 1.53. The van der Waals surface area contributed by atoms with Crippen LogP contribution in [0.1, 0.15) is 19.8 Å². The molecule has 4 nitrogen and oxygen atoms in total. The molecule has 0 saturated heterocycles. The summed E-state index contributed by atoms with van der Waals surface area (Å²) in [5, 5.41) is 1.69. The minimum absolute atomic E-state index is 0.0526. The van der Waals surface area contributed by atoms with Gasteiger partial charge in [0.25, 0.3) is 0 Å². The summed E-state index contributed by atoms with van der Waals surface area (Å²) in [7, 11) is 0. The van der Waals surface area contributed by atoms with E-state index in [4.69, 9.17) is 26.8 Å². The van der Waals surface area contributed by atoms with Gasteiger partial charge in [0.05, 0.1) is 12.7 Å². The minimum Gasteiger partial charge on any atom is -0.494 e. The van der Waals surface area contributed by atoms with Crippen molar-refractivity contribution in [3.8, 4) is 11.5 Å². The molecule has 130 valence electrons. The maximum atomic E-state index is 6.06. The largest absolute Gasteiger partial charge is 0.494 e. The number of rotatable bonds is 7. The van der Waals surface area contributed by atoms with Crippen molar-refractivity contribution in [1.29, 1.82) is 0 Å². The molecule has 0 aliphatic rings. The molecule has 0 amide bonds. The van der Waals surface area contributed by atoms with E-state index < -0.39 is 0 Å². The summed E-state index contributed by atoms with van der Waals surface area (Å²) < 4.78 is 11.8. The molecule has 0 saturated carbocycles. The zero-order valence-corrected chi connectivity index (χ0v) is 14.9. The number of hydrogen-bond acceptors (Lipinski definition) is 4. The normalized spacial score (nSPS) is 12.1. The third kappa shape index (κ3) is 4.77. The second-order valence-electron chi connectivity index (χ2n) is 5.94. The number of pyridine rings is 1. The fourth-order valence-electron chi connectivity index (χ4n) is 2.62. The molecule has 25 heavy (non-hydrogen) atoms. The van der Waals surface area contributed by atoms with E-state index in [0.29, 0.717) is 17.4 Å². The van der Waals surface area contributed by atoms with Gasteiger partial charge in [0, 0.05) is 10.4 Å². The molecule has 3 rings (SSSR count). The van der Waals surface area contributed by atoms with Gasteiger partial charge in [0.1, 0.15) is 22.8 Å².